The van der Waals surface area contributed by atoms with E-state index in [1.807, 2.05) is 27.7 Å². The van der Waals surface area contributed by atoms with E-state index in [9.17, 15) is 9.90 Å². The Hall–Kier alpha value is -1.91. The topological polar surface area (TPSA) is 55.8 Å². The number of methoxy groups -OCH3 is 1. The molecule has 1 fully saturated rings. The second-order valence-corrected chi connectivity index (χ2v) is 12.4. The molecule has 216 valence electrons. The van der Waals surface area contributed by atoms with Crippen molar-refractivity contribution in [3.63, 3.8) is 0 Å². The highest BCUT2D eigenvalue weighted by molar-refractivity contribution is 5.82. The van der Waals surface area contributed by atoms with Crippen LogP contribution in [-0.4, -0.2) is 36.5 Å². The first-order valence-electron chi connectivity index (χ1n) is 14.7. The minimum absolute atomic E-state index is 0.0343. The number of fused-ring (bicyclic) bond motifs is 1. The van der Waals surface area contributed by atoms with Crippen LogP contribution >= 0.6 is 0 Å². The number of carbonyl (C=O) groups excluding carboxylic acids is 1. The minimum atomic E-state index is -0.608. The van der Waals surface area contributed by atoms with E-state index >= 15 is 0 Å². The summed E-state index contributed by atoms with van der Waals surface area (Å²) in [4.78, 5) is 12.6. The molecule has 1 saturated carbocycles. The zero-order valence-corrected chi connectivity index (χ0v) is 25.8. The van der Waals surface area contributed by atoms with Crippen LogP contribution in [0.4, 0.5) is 0 Å². The second kappa shape index (κ2) is 16.9. The van der Waals surface area contributed by atoms with Crippen LogP contribution in [0.25, 0.3) is 10.8 Å². The summed E-state index contributed by atoms with van der Waals surface area (Å²) in [6.07, 6.45) is 6.78. The normalized spacial score (nSPS) is 20.4. The number of hydrogen-bond donors (Lipinski definition) is 1. The van der Waals surface area contributed by atoms with Crippen molar-refractivity contribution in [2.75, 3.05) is 13.7 Å². The summed E-state index contributed by atoms with van der Waals surface area (Å²) in [5.41, 5.74) is -1.08. The van der Waals surface area contributed by atoms with Crippen LogP contribution in [0.2, 0.25) is 0 Å². The van der Waals surface area contributed by atoms with Gasteiger partial charge in [0.15, 0.2) is 0 Å². The molecular weight excluding hydrogens is 472 g/mol. The summed E-state index contributed by atoms with van der Waals surface area (Å²) in [5, 5.41) is 13.0. The Morgan fingerprint density at radius 3 is 1.92 bits per heavy atom. The third kappa shape index (κ3) is 11.9. The molecule has 38 heavy (non-hydrogen) atoms. The summed E-state index contributed by atoms with van der Waals surface area (Å²) in [5.74, 6) is 0.960. The number of aliphatic hydroxyl groups is 1. The summed E-state index contributed by atoms with van der Waals surface area (Å²) < 4.78 is 10.7. The van der Waals surface area contributed by atoms with Gasteiger partial charge in [0.25, 0.3) is 0 Å². The van der Waals surface area contributed by atoms with Gasteiger partial charge in [-0.3, -0.25) is 4.79 Å². The van der Waals surface area contributed by atoms with Gasteiger partial charge in [0.2, 0.25) is 0 Å². The van der Waals surface area contributed by atoms with Gasteiger partial charge < -0.3 is 14.6 Å². The van der Waals surface area contributed by atoms with E-state index in [1.54, 1.807) is 7.11 Å². The Bertz CT molecular complexity index is 850. The van der Waals surface area contributed by atoms with Crippen LogP contribution in [0.15, 0.2) is 48.5 Å². The van der Waals surface area contributed by atoms with E-state index < -0.39 is 11.0 Å². The highest BCUT2D eigenvalue weighted by Crippen LogP contribution is 2.39. The lowest BCUT2D eigenvalue weighted by molar-refractivity contribution is -0.180. The Labute approximate surface area is 233 Å². The molecule has 0 amide bonds. The van der Waals surface area contributed by atoms with Crippen LogP contribution in [-0.2, 0) is 14.3 Å². The van der Waals surface area contributed by atoms with Crippen molar-refractivity contribution in [3.8, 4) is 0 Å². The molecule has 2 aromatic rings. The van der Waals surface area contributed by atoms with E-state index in [-0.39, 0.29) is 18.0 Å². The lowest BCUT2D eigenvalue weighted by Crippen LogP contribution is -2.47. The van der Waals surface area contributed by atoms with Crippen LogP contribution in [0, 0.1) is 23.2 Å². The fourth-order valence-corrected chi connectivity index (χ4v) is 5.13. The van der Waals surface area contributed by atoms with Gasteiger partial charge in [0.05, 0.1) is 11.5 Å². The zero-order valence-electron chi connectivity index (χ0n) is 25.8. The minimum Gasteiger partial charge on any atom is -0.459 e. The first kappa shape index (κ1) is 34.1. The van der Waals surface area contributed by atoms with Crippen molar-refractivity contribution >= 4 is 16.7 Å². The highest BCUT2D eigenvalue weighted by Gasteiger charge is 2.43. The molecule has 0 bridgehead atoms. The molecule has 0 aliphatic heterocycles. The molecule has 2 aromatic carbocycles. The summed E-state index contributed by atoms with van der Waals surface area (Å²) in [7, 11) is 1.73. The van der Waals surface area contributed by atoms with Crippen LogP contribution in [0.5, 0.6) is 0 Å². The van der Waals surface area contributed by atoms with Crippen molar-refractivity contribution in [2.24, 2.45) is 23.2 Å². The maximum Gasteiger partial charge on any atom is 0.312 e. The summed E-state index contributed by atoms with van der Waals surface area (Å²) in [6.45, 7) is 17.4. The number of carbonyl (C=O) groups is 1. The van der Waals surface area contributed by atoms with E-state index in [0.29, 0.717) is 11.8 Å². The molecule has 0 spiro atoms. The van der Waals surface area contributed by atoms with Gasteiger partial charge >= 0.3 is 5.97 Å². The van der Waals surface area contributed by atoms with Gasteiger partial charge in [-0.2, -0.15) is 0 Å². The molecule has 3 rings (SSSR count). The summed E-state index contributed by atoms with van der Waals surface area (Å²) >= 11 is 0. The second-order valence-electron chi connectivity index (χ2n) is 12.4. The molecule has 0 aromatic heterocycles. The van der Waals surface area contributed by atoms with Crippen LogP contribution in [0.3, 0.4) is 0 Å². The van der Waals surface area contributed by atoms with Gasteiger partial charge in [-0.25, -0.2) is 0 Å². The van der Waals surface area contributed by atoms with Gasteiger partial charge in [-0.05, 0) is 76.0 Å². The Morgan fingerprint density at radius 2 is 1.53 bits per heavy atom. The fraction of sp³-hybridized carbons (Fsp3) is 0.676. The van der Waals surface area contributed by atoms with E-state index in [0.717, 1.165) is 38.7 Å². The smallest absolute Gasteiger partial charge is 0.312 e. The monoisotopic (exact) mass is 528 g/mol. The van der Waals surface area contributed by atoms with Gasteiger partial charge in [-0.1, -0.05) is 95.5 Å². The Balaban J connectivity index is 0.000000366. The number of esters is 1. The van der Waals surface area contributed by atoms with Crippen molar-refractivity contribution in [1.82, 2.24) is 0 Å². The maximum absolute atomic E-state index is 12.6. The number of aliphatic hydroxyl groups excluding tert-OH is 1. The summed E-state index contributed by atoms with van der Waals surface area (Å²) in [6, 6.07) is 16.7. The SMILES string of the molecule is CCC(C)CC(C)(C)C(=O)OC(C)(C)C1CCC(C)CC1O.CCCCOC.c1ccc2ccccc2c1. The van der Waals surface area contributed by atoms with Crippen molar-refractivity contribution < 1.29 is 19.4 Å². The molecule has 1 aliphatic rings. The van der Waals surface area contributed by atoms with Gasteiger partial charge in [0, 0.05) is 19.6 Å². The lowest BCUT2D eigenvalue weighted by atomic mass is 9.73. The molecule has 0 radical (unpaired) electrons. The molecule has 4 heteroatoms. The molecule has 1 aliphatic carbocycles. The van der Waals surface area contributed by atoms with Crippen molar-refractivity contribution in [3.05, 3.63) is 48.5 Å². The third-order valence-electron chi connectivity index (χ3n) is 7.80. The number of rotatable bonds is 9. The zero-order chi connectivity index (χ0) is 28.8. The van der Waals surface area contributed by atoms with Gasteiger partial charge in [0.1, 0.15) is 5.60 Å². The quantitative estimate of drug-likeness (QED) is 0.261. The molecule has 4 unspecified atom stereocenters. The lowest BCUT2D eigenvalue weighted by Gasteiger charge is -2.42. The standard InChI is InChI=1S/C19H36O3.C10H8.C5H12O/c1-8-13(2)12-18(4,5)17(21)22-19(6,7)15-10-9-14(3)11-16(15)20;1-2-6-10-8-4-3-7-9(10)5-1;1-3-4-5-6-2/h13-16,20H,8-12H2,1-7H3;1-8H;3-5H2,1-2H3. The van der Waals surface area contributed by atoms with E-state index in [2.05, 4.69) is 76.2 Å². The van der Waals surface area contributed by atoms with Gasteiger partial charge in [-0.15, -0.1) is 0 Å². The largest absolute Gasteiger partial charge is 0.459 e. The molecule has 1 N–H and O–H groups in total. The maximum atomic E-state index is 12.6. The Kier molecular flexibility index (Phi) is 15.2. The van der Waals surface area contributed by atoms with E-state index in [4.69, 9.17) is 9.47 Å². The number of hydrogen-bond acceptors (Lipinski definition) is 4. The average Bonchev–Trinajstić information content (AvgIpc) is 2.87. The Morgan fingerprint density at radius 1 is 1.00 bits per heavy atom. The third-order valence-corrected chi connectivity index (χ3v) is 7.80. The van der Waals surface area contributed by atoms with Crippen molar-refractivity contribution in [1.29, 1.82) is 0 Å². The molecular formula is C34H56O4. The van der Waals surface area contributed by atoms with Crippen molar-refractivity contribution in [2.45, 2.75) is 112 Å². The number of benzene rings is 2. The molecule has 4 atom stereocenters. The predicted molar refractivity (Wildman–Crippen MR) is 161 cm³/mol. The first-order valence-corrected chi connectivity index (χ1v) is 14.7. The van der Waals surface area contributed by atoms with E-state index in [1.165, 1.54) is 23.6 Å². The average molecular weight is 529 g/mol. The highest BCUT2D eigenvalue weighted by atomic mass is 16.6. The fourth-order valence-electron chi connectivity index (χ4n) is 5.13. The van der Waals surface area contributed by atoms with Crippen LogP contribution in [0.1, 0.15) is 100 Å². The molecule has 4 nitrogen and oxygen atoms in total. The molecule has 0 saturated heterocycles. The number of unbranched alkanes of at least 4 members (excludes halogenated alkanes) is 1. The van der Waals surface area contributed by atoms with Crippen LogP contribution < -0.4 is 0 Å². The first-order chi connectivity index (χ1) is 17.9. The number of ether oxygens (including phenoxy) is 2. The predicted octanol–water partition coefficient (Wildman–Crippen LogP) is 8.84. The molecule has 0 heterocycles.